The highest BCUT2D eigenvalue weighted by Crippen LogP contribution is 2.13. The second kappa shape index (κ2) is 8.83. The van der Waals surface area contributed by atoms with Crippen LogP contribution in [0.2, 0.25) is 0 Å². The average Bonchev–Trinajstić information content (AvgIpc) is 2.50. The first-order chi connectivity index (χ1) is 10.5. The highest BCUT2D eigenvalue weighted by molar-refractivity contribution is 5.94. The Bertz CT molecular complexity index is 576. The van der Waals surface area contributed by atoms with Gasteiger partial charge in [-0.25, -0.2) is 0 Å². The fourth-order valence-corrected chi connectivity index (χ4v) is 2.02. The normalized spacial score (nSPS) is 9.91. The maximum Gasteiger partial charge on any atom is 0.307 e. The van der Waals surface area contributed by atoms with Crippen LogP contribution in [0.3, 0.4) is 0 Å². The molecule has 22 heavy (non-hydrogen) atoms. The van der Waals surface area contributed by atoms with Gasteiger partial charge in [0.2, 0.25) is 0 Å². The van der Waals surface area contributed by atoms with Crippen LogP contribution in [0.1, 0.15) is 41.3 Å². The number of nitrogens with zero attached hydrogens (tertiary/aromatic N) is 2. The van der Waals surface area contributed by atoms with Crippen molar-refractivity contribution in [3.63, 3.8) is 0 Å². The first-order valence-electron chi connectivity index (χ1n) is 7.38. The maximum absolute atomic E-state index is 12.5. The lowest BCUT2D eigenvalue weighted by Crippen LogP contribution is -2.34. The topological polar surface area (TPSA) is 70.4 Å². The van der Waals surface area contributed by atoms with Gasteiger partial charge in [0.25, 0.3) is 5.91 Å². The van der Waals surface area contributed by atoms with Gasteiger partial charge < -0.3 is 9.64 Å². The van der Waals surface area contributed by atoms with Crippen LogP contribution in [0, 0.1) is 25.2 Å². The van der Waals surface area contributed by atoms with Crippen LogP contribution < -0.4 is 0 Å². The standard InChI is InChI=1S/C17H22N2O3/c1-4-22-16(20)8-11-19(10-5-9-18)17(21)15-7-6-13(2)14(3)12-15/h6-7,12H,4-5,8,10-11H2,1-3H3. The Morgan fingerprint density at radius 2 is 1.95 bits per heavy atom. The first kappa shape index (κ1) is 17.7. The zero-order valence-corrected chi connectivity index (χ0v) is 13.4. The van der Waals surface area contributed by atoms with E-state index in [1.807, 2.05) is 32.0 Å². The zero-order chi connectivity index (χ0) is 16.5. The molecule has 0 bridgehead atoms. The smallest absolute Gasteiger partial charge is 0.307 e. The van der Waals surface area contributed by atoms with Gasteiger partial charge >= 0.3 is 5.97 Å². The summed E-state index contributed by atoms with van der Waals surface area (Å²) in [6.07, 6.45) is 0.370. The molecule has 0 fully saturated rings. The molecule has 0 aliphatic rings. The molecule has 1 aromatic rings. The van der Waals surface area contributed by atoms with Gasteiger partial charge in [-0.3, -0.25) is 9.59 Å². The fourth-order valence-electron chi connectivity index (χ4n) is 2.02. The van der Waals surface area contributed by atoms with Crippen LogP contribution in [-0.2, 0) is 9.53 Å². The van der Waals surface area contributed by atoms with Crippen molar-refractivity contribution in [2.24, 2.45) is 0 Å². The van der Waals surface area contributed by atoms with E-state index in [0.717, 1.165) is 11.1 Å². The van der Waals surface area contributed by atoms with Crippen molar-refractivity contribution in [3.8, 4) is 6.07 Å². The molecule has 0 radical (unpaired) electrons. The summed E-state index contributed by atoms with van der Waals surface area (Å²) in [6.45, 7) is 6.56. The van der Waals surface area contributed by atoms with Crippen LogP contribution in [0.5, 0.6) is 0 Å². The predicted molar refractivity (Wildman–Crippen MR) is 83.3 cm³/mol. The first-order valence-corrected chi connectivity index (χ1v) is 7.38. The minimum absolute atomic E-state index is 0.135. The number of rotatable bonds is 7. The summed E-state index contributed by atoms with van der Waals surface area (Å²) in [5.41, 5.74) is 2.73. The SMILES string of the molecule is CCOC(=O)CCN(CCC#N)C(=O)c1ccc(C)c(C)c1. The summed E-state index contributed by atoms with van der Waals surface area (Å²) < 4.78 is 4.88. The molecule has 0 aliphatic heterocycles. The third-order valence-electron chi connectivity index (χ3n) is 3.43. The van der Waals surface area contributed by atoms with Crippen LogP contribution in [0.25, 0.3) is 0 Å². The van der Waals surface area contributed by atoms with Crippen LogP contribution in [-0.4, -0.2) is 36.5 Å². The number of hydrogen-bond donors (Lipinski definition) is 0. The minimum Gasteiger partial charge on any atom is -0.466 e. The second-order valence-corrected chi connectivity index (χ2v) is 5.05. The number of amides is 1. The van der Waals surface area contributed by atoms with Crippen molar-refractivity contribution in [1.29, 1.82) is 5.26 Å². The Hall–Kier alpha value is -2.35. The van der Waals surface area contributed by atoms with Gasteiger partial charge in [0.15, 0.2) is 0 Å². The summed E-state index contributed by atoms with van der Waals surface area (Å²) in [6, 6.07) is 7.53. The Morgan fingerprint density at radius 3 is 2.55 bits per heavy atom. The average molecular weight is 302 g/mol. The van der Waals surface area contributed by atoms with E-state index in [2.05, 4.69) is 0 Å². The van der Waals surface area contributed by atoms with E-state index in [0.29, 0.717) is 18.7 Å². The monoisotopic (exact) mass is 302 g/mol. The Kier molecular flexibility index (Phi) is 7.11. The predicted octanol–water partition coefficient (Wildman–Crippen LogP) is 2.61. The van der Waals surface area contributed by atoms with Gasteiger partial charge in [0.1, 0.15) is 0 Å². The number of esters is 1. The van der Waals surface area contributed by atoms with E-state index in [1.54, 1.807) is 13.0 Å². The molecular weight excluding hydrogens is 280 g/mol. The molecule has 0 saturated heterocycles. The number of ether oxygens (including phenoxy) is 1. The molecular formula is C17H22N2O3. The van der Waals surface area contributed by atoms with E-state index in [9.17, 15) is 9.59 Å². The van der Waals surface area contributed by atoms with E-state index >= 15 is 0 Å². The summed E-state index contributed by atoms with van der Waals surface area (Å²) >= 11 is 0. The van der Waals surface area contributed by atoms with E-state index in [-0.39, 0.29) is 31.3 Å². The second-order valence-electron chi connectivity index (χ2n) is 5.05. The third-order valence-corrected chi connectivity index (χ3v) is 3.43. The lowest BCUT2D eigenvalue weighted by Gasteiger charge is -2.21. The molecule has 0 atom stereocenters. The Morgan fingerprint density at radius 1 is 1.23 bits per heavy atom. The Labute approximate surface area is 131 Å². The number of nitriles is 1. The number of carbonyl (C=O) groups is 2. The highest BCUT2D eigenvalue weighted by Gasteiger charge is 2.17. The van der Waals surface area contributed by atoms with Gasteiger partial charge in [-0.2, -0.15) is 5.26 Å². The lowest BCUT2D eigenvalue weighted by atomic mass is 10.1. The van der Waals surface area contributed by atoms with E-state index in [4.69, 9.17) is 10.00 Å². The quantitative estimate of drug-likeness (QED) is 0.726. The summed E-state index contributed by atoms with van der Waals surface area (Å²) in [7, 11) is 0. The molecule has 1 rings (SSSR count). The number of carbonyl (C=O) groups excluding carboxylic acids is 2. The molecule has 0 aliphatic carbocycles. The summed E-state index contributed by atoms with van der Waals surface area (Å²) in [4.78, 5) is 25.5. The summed E-state index contributed by atoms with van der Waals surface area (Å²) in [5.74, 6) is -0.500. The van der Waals surface area contributed by atoms with Gasteiger partial charge in [-0.05, 0) is 44.0 Å². The largest absolute Gasteiger partial charge is 0.466 e. The van der Waals surface area contributed by atoms with Crippen molar-refractivity contribution in [1.82, 2.24) is 4.90 Å². The van der Waals surface area contributed by atoms with Crippen molar-refractivity contribution in [2.75, 3.05) is 19.7 Å². The molecule has 0 heterocycles. The zero-order valence-electron chi connectivity index (χ0n) is 13.4. The van der Waals surface area contributed by atoms with Gasteiger partial charge in [0, 0.05) is 18.7 Å². The number of aryl methyl sites for hydroxylation is 2. The van der Waals surface area contributed by atoms with Crippen molar-refractivity contribution < 1.29 is 14.3 Å². The van der Waals surface area contributed by atoms with Crippen LogP contribution in [0.4, 0.5) is 0 Å². The molecule has 118 valence electrons. The molecule has 1 aromatic carbocycles. The highest BCUT2D eigenvalue weighted by atomic mass is 16.5. The summed E-state index contributed by atoms with van der Waals surface area (Å²) in [5, 5.41) is 8.73. The Balaban J connectivity index is 2.81. The molecule has 1 amide bonds. The fraction of sp³-hybridized carbons (Fsp3) is 0.471. The molecule has 0 aromatic heterocycles. The lowest BCUT2D eigenvalue weighted by molar-refractivity contribution is -0.143. The number of benzene rings is 1. The molecule has 5 heteroatoms. The third kappa shape index (κ3) is 5.21. The molecule has 0 N–H and O–H groups in total. The number of hydrogen-bond acceptors (Lipinski definition) is 4. The molecule has 0 spiro atoms. The van der Waals surface area contributed by atoms with Crippen molar-refractivity contribution in [2.45, 2.75) is 33.6 Å². The molecule has 0 unspecified atom stereocenters. The minimum atomic E-state index is -0.336. The van der Waals surface area contributed by atoms with Crippen LogP contribution in [0.15, 0.2) is 18.2 Å². The van der Waals surface area contributed by atoms with Crippen molar-refractivity contribution >= 4 is 11.9 Å². The van der Waals surface area contributed by atoms with E-state index < -0.39 is 0 Å². The van der Waals surface area contributed by atoms with Gasteiger partial charge in [0.05, 0.1) is 25.5 Å². The van der Waals surface area contributed by atoms with Crippen molar-refractivity contribution in [3.05, 3.63) is 34.9 Å². The molecule has 0 saturated carbocycles. The van der Waals surface area contributed by atoms with Crippen LogP contribution >= 0.6 is 0 Å². The van der Waals surface area contributed by atoms with Gasteiger partial charge in [-0.1, -0.05) is 6.07 Å². The van der Waals surface area contributed by atoms with Gasteiger partial charge in [-0.15, -0.1) is 0 Å². The molecule has 5 nitrogen and oxygen atoms in total. The van der Waals surface area contributed by atoms with E-state index in [1.165, 1.54) is 4.90 Å². The maximum atomic E-state index is 12.5.